The minimum absolute atomic E-state index is 0.00434. The molecule has 0 spiro atoms. The number of hydrogen-bond donors (Lipinski definition) is 2. The van der Waals surface area contributed by atoms with Crippen molar-refractivity contribution in [2.45, 2.75) is 12.2 Å². The average Bonchev–Trinajstić information content (AvgIpc) is 2.26. The zero-order valence-corrected chi connectivity index (χ0v) is 9.18. The van der Waals surface area contributed by atoms with Crippen LogP contribution < -0.4 is 10.6 Å². The lowest BCUT2D eigenvalue weighted by Gasteiger charge is -2.23. The van der Waals surface area contributed by atoms with Gasteiger partial charge in [0.2, 0.25) is 5.91 Å². The van der Waals surface area contributed by atoms with Gasteiger partial charge in [0.15, 0.2) is 0 Å². The van der Waals surface area contributed by atoms with E-state index in [0.717, 1.165) is 0 Å². The third-order valence-corrected chi connectivity index (χ3v) is 2.04. The SMILES string of the molecule is O=C(COCC(F)(F)F)NCC1COCCN1. The molecule has 1 atom stereocenters. The van der Waals surface area contributed by atoms with Crippen molar-refractivity contribution in [1.82, 2.24) is 10.6 Å². The second-order valence-corrected chi connectivity index (χ2v) is 3.64. The fourth-order valence-corrected chi connectivity index (χ4v) is 1.30. The molecule has 1 saturated heterocycles. The van der Waals surface area contributed by atoms with E-state index in [9.17, 15) is 18.0 Å². The Bertz CT molecular complexity index is 242. The molecule has 1 rings (SSSR count). The van der Waals surface area contributed by atoms with Crippen molar-refractivity contribution in [2.75, 3.05) is 39.5 Å². The largest absolute Gasteiger partial charge is 0.411 e. The first kappa shape index (κ1) is 14.2. The van der Waals surface area contributed by atoms with Gasteiger partial charge in [-0.3, -0.25) is 4.79 Å². The quantitative estimate of drug-likeness (QED) is 0.707. The summed E-state index contributed by atoms with van der Waals surface area (Å²) < 4.78 is 44.5. The van der Waals surface area contributed by atoms with Gasteiger partial charge in [-0.25, -0.2) is 0 Å². The third kappa shape index (κ3) is 7.14. The van der Waals surface area contributed by atoms with Crippen LogP contribution in [-0.4, -0.2) is 57.6 Å². The summed E-state index contributed by atoms with van der Waals surface area (Å²) in [6.07, 6.45) is -4.40. The number of carbonyl (C=O) groups excluding carboxylic acids is 1. The Morgan fingerprint density at radius 1 is 1.53 bits per heavy atom. The van der Waals surface area contributed by atoms with Crippen LogP contribution >= 0.6 is 0 Å². The molecular formula is C9H15F3N2O3. The maximum Gasteiger partial charge on any atom is 0.411 e. The zero-order valence-electron chi connectivity index (χ0n) is 9.18. The van der Waals surface area contributed by atoms with Gasteiger partial charge >= 0.3 is 6.18 Å². The van der Waals surface area contributed by atoms with Gasteiger partial charge in [0.05, 0.1) is 13.2 Å². The molecule has 2 N–H and O–H groups in total. The second kappa shape index (κ2) is 6.77. The van der Waals surface area contributed by atoms with E-state index >= 15 is 0 Å². The molecule has 8 heteroatoms. The molecule has 0 aromatic rings. The molecule has 0 bridgehead atoms. The molecule has 0 aliphatic carbocycles. The molecular weight excluding hydrogens is 241 g/mol. The Balaban J connectivity index is 2.04. The minimum Gasteiger partial charge on any atom is -0.378 e. The van der Waals surface area contributed by atoms with Gasteiger partial charge in [-0.15, -0.1) is 0 Å². The number of ether oxygens (including phenoxy) is 2. The zero-order chi connectivity index (χ0) is 12.7. The van der Waals surface area contributed by atoms with Crippen LogP contribution in [0.1, 0.15) is 0 Å². The minimum atomic E-state index is -4.40. The van der Waals surface area contributed by atoms with Crippen molar-refractivity contribution in [3.8, 4) is 0 Å². The highest BCUT2D eigenvalue weighted by atomic mass is 19.4. The highest BCUT2D eigenvalue weighted by molar-refractivity contribution is 5.77. The summed E-state index contributed by atoms with van der Waals surface area (Å²) in [5, 5.41) is 5.56. The van der Waals surface area contributed by atoms with Crippen LogP contribution in [0.15, 0.2) is 0 Å². The molecule has 1 aliphatic heterocycles. The molecule has 1 amide bonds. The number of morpholine rings is 1. The molecule has 1 aliphatic rings. The number of hydrogen-bond acceptors (Lipinski definition) is 4. The molecule has 1 heterocycles. The van der Waals surface area contributed by atoms with Crippen molar-refractivity contribution < 1.29 is 27.4 Å². The first-order valence-electron chi connectivity index (χ1n) is 5.20. The first-order valence-corrected chi connectivity index (χ1v) is 5.20. The third-order valence-electron chi connectivity index (χ3n) is 2.04. The number of nitrogens with one attached hydrogen (secondary N) is 2. The molecule has 0 aromatic carbocycles. The van der Waals surface area contributed by atoms with Crippen LogP contribution in [0, 0.1) is 0 Å². The summed E-state index contributed by atoms with van der Waals surface area (Å²) in [4.78, 5) is 11.1. The number of carbonyl (C=O) groups is 1. The predicted octanol–water partition coefficient (Wildman–Crippen LogP) is -0.330. The van der Waals surface area contributed by atoms with Crippen molar-refractivity contribution in [3.63, 3.8) is 0 Å². The van der Waals surface area contributed by atoms with Crippen LogP contribution in [0.4, 0.5) is 13.2 Å². The van der Waals surface area contributed by atoms with Gasteiger partial charge in [-0.05, 0) is 0 Å². The molecule has 1 unspecified atom stereocenters. The van der Waals surface area contributed by atoms with E-state index in [-0.39, 0.29) is 6.04 Å². The van der Waals surface area contributed by atoms with E-state index in [1.165, 1.54) is 0 Å². The fourth-order valence-electron chi connectivity index (χ4n) is 1.30. The maximum atomic E-state index is 11.7. The Morgan fingerprint density at radius 2 is 2.29 bits per heavy atom. The normalized spacial score (nSPS) is 21.2. The van der Waals surface area contributed by atoms with Crippen molar-refractivity contribution in [1.29, 1.82) is 0 Å². The summed E-state index contributed by atoms with van der Waals surface area (Å²) in [7, 11) is 0. The van der Waals surface area contributed by atoms with E-state index < -0.39 is 25.3 Å². The topological polar surface area (TPSA) is 59.6 Å². The van der Waals surface area contributed by atoms with Crippen LogP contribution in [0.25, 0.3) is 0 Å². The van der Waals surface area contributed by atoms with Crippen LogP contribution in [-0.2, 0) is 14.3 Å². The average molecular weight is 256 g/mol. The molecule has 1 fully saturated rings. The summed E-state index contributed by atoms with van der Waals surface area (Å²) in [5.41, 5.74) is 0. The molecule has 100 valence electrons. The predicted molar refractivity (Wildman–Crippen MR) is 52.5 cm³/mol. The van der Waals surface area contributed by atoms with Gasteiger partial charge in [-0.2, -0.15) is 13.2 Å². The highest BCUT2D eigenvalue weighted by Crippen LogP contribution is 2.13. The number of alkyl halides is 3. The van der Waals surface area contributed by atoms with Crippen molar-refractivity contribution >= 4 is 5.91 Å². The lowest BCUT2D eigenvalue weighted by atomic mass is 10.3. The van der Waals surface area contributed by atoms with Crippen LogP contribution in [0.3, 0.4) is 0 Å². The lowest BCUT2D eigenvalue weighted by molar-refractivity contribution is -0.175. The molecule has 0 radical (unpaired) electrons. The summed E-state index contributed by atoms with van der Waals surface area (Å²) in [6, 6.07) is -0.00434. The fraction of sp³-hybridized carbons (Fsp3) is 0.889. The van der Waals surface area contributed by atoms with E-state index in [0.29, 0.717) is 26.3 Å². The van der Waals surface area contributed by atoms with E-state index in [1.54, 1.807) is 0 Å². The Kier molecular flexibility index (Phi) is 5.66. The lowest BCUT2D eigenvalue weighted by Crippen LogP contribution is -2.48. The van der Waals surface area contributed by atoms with E-state index in [1.807, 2.05) is 0 Å². The number of halogens is 3. The van der Waals surface area contributed by atoms with Gasteiger partial charge in [0.25, 0.3) is 0 Å². The summed E-state index contributed by atoms with van der Waals surface area (Å²) in [5.74, 6) is -0.568. The Hall–Kier alpha value is -0.860. The van der Waals surface area contributed by atoms with Gasteiger partial charge in [0.1, 0.15) is 13.2 Å². The van der Waals surface area contributed by atoms with E-state index in [2.05, 4.69) is 15.4 Å². The van der Waals surface area contributed by atoms with Crippen molar-refractivity contribution in [2.24, 2.45) is 0 Å². The molecule has 17 heavy (non-hydrogen) atoms. The van der Waals surface area contributed by atoms with Crippen LogP contribution in [0.2, 0.25) is 0 Å². The maximum absolute atomic E-state index is 11.7. The van der Waals surface area contributed by atoms with Crippen molar-refractivity contribution in [3.05, 3.63) is 0 Å². The Morgan fingerprint density at radius 3 is 2.88 bits per heavy atom. The summed E-state index contributed by atoms with van der Waals surface area (Å²) in [6.45, 7) is 0.112. The van der Waals surface area contributed by atoms with Gasteiger partial charge in [-0.1, -0.05) is 0 Å². The molecule has 5 nitrogen and oxygen atoms in total. The van der Waals surface area contributed by atoms with Crippen LogP contribution in [0.5, 0.6) is 0 Å². The number of amides is 1. The molecule has 0 aromatic heterocycles. The second-order valence-electron chi connectivity index (χ2n) is 3.64. The standard InChI is InChI=1S/C9H15F3N2O3/c10-9(11,12)6-17-5-8(15)14-3-7-4-16-2-1-13-7/h7,13H,1-6H2,(H,14,15). The Labute approximate surface area is 96.6 Å². The van der Waals surface area contributed by atoms with E-state index in [4.69, 9.17) is 4.74 Å². The summed E-state index contributed by atoms with van der Waals surface area (Å²) >= 11 is 0. The van der Waals surface area contributed by atoms with Gasteiger partial charge < -0.3 is 20.1 Å². The monoisotopic (exact) mass is 256 g/mol. The smallest absolute Gasteiger partial charge is 0.378 e. The molecule has 0 saturated carbocycles. The van der Waals surface area contributed by atoms with Gasteiger partial charge in [0, 0.05) is 19.1 Å². The highest BCUT2D eigenvalue weighted by Gasteiger charge is 2.27. The number of rotatable bonds is 5. The first-order chi connectivity index (χ1) is 7.97.